The van der Waals surface area contributed by atoms with Gasteiger partial charge >= 0.3 is 0 Å². The summed E-state index contributed by atoms with van der Waals surface area (Å²) in [6, 6.07) is 13.6. The van der Waals surface area contributed by atoms with Crippen molar-refractivity contribution in [1.29, 1.82) is 0 Å². The lowest BCUT2D eigenvalue weighted by Crippen LogP contribution is -2.26. The van der Waals surface area contributed by atoms with Crippen LogP contribution in [0.4, 0.5) is 0 Å². The number of aromatic amines is 1. The summed E-state index contributed by atoms with van der Waals surface area (Å²) in [5, 5.41) is 0. The van der Waals surface area contributed by atoms with Crippen molar-refractivity contribution in [2.75, 3.05) is 0 Å². The number of hydrogen-bond donors (Lipinski definition) is 3. The van der Waals surface area contributed by atoms with Gasteiger partial charge in [0.25, 0.3) is 5.91 Å². The maximum atomic E-state index is 11.6. The summed E-state index contributed by atoms with van der Waals surface area (Å²) in [7, 11) is 0. The SMILES string of the molecule is NC(=O)c1cccc2[nH]c(C3CCc4ccccc4C3N)nc12. The quantitative estimate of drug-likeness (QED) is 0.678. The third kappa shape index (κ3) is 2.21. The average Bonchev–Trinajstić information content (AvgIpc) is 2.98. The number of imidazole rings is 1. The third-order valence-corrected chi connectivity index (χ3v) is 4.72. The third-order valence-electron chi connectivity index (χ3n) is 4.72. The van der Waals surface area contributed by atoms with Crippen molar-refractivity contribution in [2.45, 2.75) is 24.8 Å². The number of nitrogens with zero attached hydrogens (tertiary/aromatic N) is 1. The van der Waals surface area contributed by atoms with Crippen LogP contribution in [0.15, 0.2) is 42.5 Å². The second kappa shape index (κ2) is 5.21. The molecule has 0 saturated carbocycles. The Bertz CT molecular complexity index is 899. The Kier molecular flexibility index (Phi) is 3.16. The normalized spacial score (nSPS) is 20.4. The van der Waals surface area contributed by atoms with Crippen LogP contribution in [-0.4, -0.2) is 15.9 Å². The molecule has 2 unspecified atom stereocenters. The van der Waals surface area contributed by atoms with Crippen LogP contribution in [-0.2, 0) is 6.42 Å². The molecule has 1 aliphatic rings. The molecule has 0 fully saturated rings. The van der Waals surface area contributed by atoms with Gasteiger partial charge in [-0.05, 0) is 36.1 Å². The monoisotopic (exact) mass is 306 g/mol. The van der Waals surface area contributed by atoms with Gasteiger partial charge in [-0.3, -0.25) is 4.79 Å². The average molecular weight is 306 g/mol. The molecule has 116 valence electrons. The summed E-state index contributed by atoms with van der Waals surface area (Å²) in [4.78, 5) is 19.5. The summed E-state index contributed by atoms with van der Waals surface area (Å²) >= 11 is 0. The minimum absolute atomic E-state index is 0.0995. The van der Waals surface area contributed by atoms with E-state index in [4.69, 9.17) is 11.5 Å². The Hall–Kier alpha value is -2.66. The predicted molar refractivity (Wildman–Crippen MR) is 89.0 cm³/mol. The first-order valence-corrected chi connectivity index (χ1v) is 7.77. The largest absolute Gasteiger partial charge is 0.366 e. The van der Waals surface area contributed by atoms with Crippen molar-refractivity contribution in [3.8, 4) is 0 Å². The molecule has 3 aromatic rings. The Morgan fingerprint density at radius 3 is 2.83 bits per heavy atom. The van der Waals surface area contributed by atoms with E-state index < -0.39 is 5.91 Å². The van der Waals surface area contributed by atoms with Crippen molar-refractivity contribution < 1.29 is 4.79 Å². The van der Waals surface area contributed by atoms with Crippen molar-refractivity contribution in [3.63, 3.8) is 0 Å². The van der Waals surface area contributed by atoms with Crippen LogP contribution < -0.4 is 11.5 Å². The van der Waals surface area contributed by atoms with Gasteiger partial charge in [-0.25, -0.2) is 4.98 Å². The molecule has 1 aromatic heterocycles. The topological polar surface area (TPSA) is 97.8 Å². The number of hydrogen-bond acceptors (Lipinski definition) is 3. The Morgan fingerprint density at radius 2 is 2.00 bits per heavy atom. The fourth-order valence-corrected chi connectivity index (χ4v) is 3.53. The van der Waals surface area contributed by atoms with Gasteiger partial charge in [0.15, 0.2) is 0 Å². The van der Waals surface area contributed by atoms with Crippen LogP contribution in [0.2, 0.25) is 0 Å². The van der Waals surface area contributed by atoms with Crippen molar-refractivity contribution in [3.05, 3.63) is 65.0 Å². The molecular weight excluding hydrogens is 288 g/mol. The number of nitrogens with one attached hydrogen (secondary N) is 1. The van der Waals surface area contributed by atoms with E-state index in [1.807, 2.05) is 18.2 Å². The highest BCUT2D eigenvalue weighted by atomic mass is 16.1. The Morgan fingerprint density at radius 1 is 1.17 bits per heavy atom. The lowest BCUT2D eigenvalue weighted by atomic mass is 9.80. The second-order valence-corrected chi connectivity index (χ2v) is 6.06. The molecule has 4 rings (SSSR count). The van der Waals surface area contributed by atoms with Crippen molar-refractivity contribution in [1.82, 2.24) is 9.97 Å². The number of aromatic nitrogens is 2. The minimum atomic E-state index is -0.466. The zero-order valence-corrected chi connectivity index (χ0v) is 12.6. The van der Waals surface area contributed by atoms with Gasteiger partial charge in [0.05, 0.1) is 11.1 Å². The maximum absolute atomic E-state index is 11.6. The molecule has 23 heavy (non-hydrogen) atoms. The molecule has 2 atom stereocenters. The van der Waals surface area contributed by atoms with Crippen molar-refractivity contribution >= 4 is 16.9 Å². The van der Waals surface area contributed by atoms with Gasteiger partial charge in [0, 0.05) is 12.0 Å². The van der Waals surface area contributed by atoms with Gasteiger partial charge in [-0.1, -0.05) is 30.3 Å². The molecule has 5 N–H and O–H groups in total. The number of para-hydroxylation sites is 1. The van der Waals surface area contributed by atoms with E-state index in [0.717, 1.165) is 24.2 Å². The fourth-order valence-electron chi connectivity index (χ4n) is 3.53. The fraction of sp³-hybridized carbons (Fsp3) is 0.222. The smallest absolute Gasteiger partial charge is 0.250 e. The van der Waals surface area contributed by atoms with Crippen LogP contribution in [0.1, 0.15) is 45.7 Å². The first-order valence-electron chi connectivity index (χ1n) is 7.77. The van der Waals surface area contributed by atoms with Crippen LogP contribution in [0, 0.1) is 0 Å². The number of carbonyl (C=O) groups is 1. The van der Waals surface area contributed by atoms with Crippen LogP contribution >= 0.6 is 0 Å². The van der Waals surface area contributed by atoms with E-state index in [1.54, 1.807) is 12.1 Å². The van der Waals surface area contributed by atoms with Gasteiger partial charge in [-0.15, -0.1) is 0 Å². The number of rotatable bonds is 2. The van der Waals surface area contributed by atoms with Gasteiger partial charge < -0.3 is 16.5 Å². The number of H-pyrrole nitrogens is 1. The van der Waals surface area contributed by atoms with Gasteiger partial charge in [0.2, 0.25) is 0 Å². The second-order valence-electron chi connectivity index (χ2n) is 6.06. The van der Waals surface area contributed by atoms with Crippen LogP contribution in [0.5, 0.6) is 0 Å². The molecule has 0 saturated heterocycles. The van der Waals surface area contributed by atoms with E-state index in [-0.39, 0.29) is 12.0 Å². The molecule has 1 aliphatic carbocycles. The first-order chi connectivity index (χ1) is 11.1. The zero-order valence-electron chi connectivity index (χ0n) is 12.6. The summed E-state index contributed by atoms with van der Waals surface area (Å²) < 4.78 is 0. The number of amides is 1. The molecule has 5 nitrogen and oxygen atoms in total. The standard InChI is InChI=1S/C18H18N4O/c19-15-11-5-2-1-4-10(11)8-9-12(15)18-21-14-7-3-6-13(17(20)23)16(14)22-18/h1-7,12,15H,8-9,19H2,(H2,20,23)(H,21,22). The molecule has 0 bridgehead atoms. The molecule has 1 heterocycles. The van der Waals surface area contributed by atoms with Crippen LogP contribution in [0.3, 0.4) is 0 Å². The number of fused-ring (bicyclic) bond motifs is 2. The molecule has 1 amide bonds. The number of nitrogens with two attached hydrogens (primary N) is 2. The summed E-state index contributed by atoms with van der Waals surface area (Å²) in [5.74, 6) is 0.473. The highest BCUT2D eigenvalue weighted by molar-refractivity contribution is 6.04. The highest BCUT2D eigenvalue weighted by Gasteiger charge is 2.30. The molecule has 0 spiro atoms. The van der Waals surface area contributed by atoms with Crippen LogP contribution in [0.25, 0.3) is 11.0 Å². The number of aryl methyl sites for hydroxylation is 1. The minimum Gasteiger partial charge on any atom is -0.366 e. The van der Waals surface area contributed by atoms with Crippen molar-refractivity contribution in [2.24, 2.45) is 11.5 Å². The highest BCUT2D eigenvalue weighted by Crippen LogP contribution is 2.38. The number of carbonyl (C=O) groups excluding carboxylic acids is 1. The molecule has 0 radical (unpaired) electrons. The lowest BCUT2D eigenvalue weighted by molar-refractivity contribution is 0.100. The maximum Gasteiger partial charge on any atom is 0.250 e. The van der Waals surface area contributed by atoms with E-state index in [2.05, 4.69) is 22.1 Å². The molecule has 0 aliphatic heterocycles. The Labute approximate surface area is 133 Å². The molecule has 2 aromatic carbocycles. The van der Waals surface area contributed by atoms with Gasteiger partial charge in [0.1, 0.15) is 11.3 Å². The predicted octanol–water partition coefficient (Wildman–Crippen LogP) is 2.39. The lowest BCUT2D eigenvalue weighted by Gasteiger charge is -2.29. The van der Waals surface area contributed by atoms with E-state index in [9.17, 15) is 4.79 Å². The summed E-state index contributed by atoms with van der Waals surface area (Å²) in [6.07, 6.45) is 1.91. The molecule has 5 heteroatoms. The number of primary amides is 1. The number of benzene rings is 2. The van der Waals surface area contributed by atoms with E-state index >= 15 is 0 Å². The first kappa shape index (κ1) is 14.0. The zero-order chi connectivity index (χ0) is 16.0. The van der Waals surface area contributed by atoms with Gasteiger partial charge in [-0.2, -0.15) is 0 Å². The van der Waals surface area contributed by atoms with E-state index in [1.165, 1.54) is 11.1 Å². The summed E-state index contributed by atoms with van der Waals surface area (Å²) in [5.41, 5.74) is 16.3. The summed E-state index contributed by atoms with van der Waals surface area (Å²) in [6.45, 7) is 0. The van der Waals surface area contributed by atoms with E-state index in [0.29, 0.717) is 11.1 Å². The Balaban J connectivity index is 1.78. The molecular formula is C18H18N4O.